The average Bonchev–Trinajstić information content (AvgIpc) is 2.75. The molecule has 0 fully saturated rings. The number of carbonyl (C=O) groups is 1. The summed E-state index contributed by atoms with van der Waals surface area (Å²) in [6, 6.07) is 5.68. The number of nitrogens with zero attached hydrogens (tertiary/aromatic N) is 3. The predicted molar refractivity (Wildman–Crippen MR) is 140 cm³/mol. The first kappa shape index (κ1) is 30.6. The summed E-state index contributed by atoms with van der Waals surface area (Å²) in [6.45, 7) is 9.02. The van der Waals surface area contributed by atoms with E-state index in [4.69, 9.17) is 4.74 Å². The zero-order valence-electron chi connectivity index (χ0n) is 22.5. The average molecular weight is 540 g/mol. The summed E-state index contributed by atoms with van der Waals surface area (Å²) in [5.41, 5.74) is 1.62. The van der Waals surface area contributed by atoms with Gasteiger partial charge in [-0.15, -0.1) is 0 Å². The molecule has 0 saturated heterocycles. The number of aliphatic hydroxyl groups is 2. The van der Waals surface area contributed by atoms with Crippen LogP contribution in [0.1, 0.15) is 71.1 Å². The summed E-state index contributed by atoms with van der Waals surface area (Å²) in [6.07, 6.45) is -0.687. The molecular weight excluding hydrogens is 501 g/mol. The molecule has 2 N–H and O–H groups in total. The Kier molecular flexibility index (Phi) is 10.2. The van der Waals surface area contributed by atoms with Gasteiger partial charge < -0.3 is 14.9 Å². The van der Waals surface area contributed by atoms with Crippen LogP contribution in [-0.4, -0.2) is 65.7 Å². The van der Waals surface area contributed by atoms with E-state index in [9.17, 15) is 27.8 Å². The summed E-state index contributed by atoms with van der Waals surface area (Å²) in [5.74, 6) is -1.10. The van der Waals surface area contributed by atoms with Crippen LogP contribution in [0.15, 0.2) is 24.3 Å². The van der Waals surface area contributed by atoms with E-state index >= 15 is 0 Å². The molecule has 0 saturated carbocycles. The van der Waals surface area contributed by atoms with Crippen LogP contribution in [0.5, 0.6) is 0 Å². The second-order valence-corrected chi connectivity index (χ2v) is 12.5. The quantitative estimate of drug-likeness (QED) is 0.415. The van der Waals surface area contributed by atoms with Crippen molar-refractivity contribution in [1.82, 2.24) is 9.97 Å². The maximum absolute atomic E-state index is 13.6. The largest absolute Gasteiger partial charge is 0.460 e. The van der Waals surface area contributed by atoms with Crippen LogP contribution in [0.4, 0.5) is 10.3 Å². The molecule has 0 unspecified atom stereocenters. The molecule has 206 valence electrons. The number of anilines is 1. The van der Waals surface area contributed by atoms with Crippen molar-refractivity contribution in [1.29, 1.82) is 0 Å². The maximum Gasteiger partial charge on any atom is 0.308 e. The van der Waals surface area contributed by atoms with Crippen LogP contribution in [0.3, 0.4) is 0 Å². The lowest BCUT2D eigenvalue weighted by Gasteiger charge is -2.23. The first-order chi connectivity index (χ1) is 17.0. The normalized spacial score (nSPS) is 13.9. The fraction of sp³-hybridized carbons (Fsp3) is 0.577. The van der Waals surface area contributed by atoms with Gasteiger partial charge in [0.1, 0.15) is 11.4 Å². The van der Waals surface area contributed by atoms with E-state index < -0.39 is 39.6 Å². The smallest absolute Gasteiger partial charge is 0.308 e. The number of hydrogen-bond acceptors (Lipinski definition) is 8. The molecular formula is C26H38FN3O6S. The fourth-order valence-corrected chi connectivity index (χ4v) is 4.13. The van der Waals surface area contributed by atoms with Crippen molar-refractivity contribution in [2.45, 2.75) is 84.0 Å². The number of sulfonamides is 1. The van der Waals surface area contributed by atoms with E-state index in [-0.39, 0.29) is 31.1 Å². The van der Waals surface area contributed by atoms with Crippen LogP contribution < -0.4 is 4.31 Å². The molecule has 9 nitrogen and oxygen atoms in total. The van der Waals surface area contributed by atoms with Gasteiger partial charge in [-0.25, -0.2) is 27.1 Å². The number of carbonyl (C=O) groups excluding carboxylic acids is 1. The summed E-state index contributed by atoms with van der Waals surface area (Å²) in [5, 5.41) is 20.9. The van der Waals surface area contributed by atoms with Crippen LogP contribution >= 0.6 is 0 Å². The molecule has 1 aromatic carbocycles. The van der Waals surface area contributed by atoms with E-state index in [1.165, 1.54) is 19.2 Å². The molecule has 1 aromatic heterocycles. The highest BCUT2D eigenvalue weighted by Gasteiger charge is 2.25. The number of esters is 1. The Hall–Kier alpha value is -2.63. The van der Waals surface area contributed by atoms with Gasteiger partial charge in [-0.2, -0.15) is 0 Å². The van der Waals surface area contributed by atoms with Crippen LogP contribution in [-0.2, 0) is 26.0 Å². The van der Waals surface area contributed by atoms with Crippen LogP contribution in [0, 0.1) is 5.82 Å². The Bertz CT molecular complexity index is 1180. The second-order valence-electron chi connectivity index (χ2n) is 10.5. The van der Waals surface area contributed by atoms with Crippen molar-refractivity contribution in [3.05, 3.63) is 41.3 Å². The van der Waals surface area contributed by atoms with Gasteiger partial charge >= 0.3 is 5.97 Å². The van der Waals surface area contributed by atoms with Crippen molar-refractivity contribution in [3.8, 4) is 11.3 Å². The molecule has 0 amide bonds. The van der Waals surface area contributed by atoms with Crippen molar-refractivity contribution in [2.24, 2.45) is 0 Å². The molecule has 2 atom stereocenters. The van der Waals surface area contributed by atoms with E-state index in [2.05, 4.69) is 9.97 Å². The van der Waals surface area contributed by atoms with E-state index in [1.54, 1.807) is 32.9 Å². The lowest BCUT2D eigenvalue weighted by molar-refractivity contribution is -0.157. The third kappa shape index (κ3) is 9.32. The zero-order chi connectivity index (χ0) is 28.1. The highest BCUT2D eigenvalue weighted by atomic mass is 32.2. The number of hydrogen-bond donors (Lipinski definition) is 2. The maximum atomic E-state index is 13.6. The van der Waals surface area contributed by atoms with Crippen molar-refractivity contribution in [2.75, 3.05) is 17.6 Å². The number of aliphatic hydroxyl groups excluding tert-OH is 2. The van der Waals surface area contributed by atoms with Gasteiger partial charge in [-0.3, -0.25) is 4.79 Å². The number of benzene rings is 1. The summed E-state index contributed by atoms with van der Waals surface area (Å²) in [4.78, 5) is 21.0. The van der Waals surface area contributed by atoms with Gasteiger partial charge in [-0.05, 0) is 70.2 Å². The molecule has 0 aliphatic carbocycles. The first-order valence-corrected chi connectivity index (χ1v) is 14.0. The Balaban J connectivity index is 2.35. The summed E-state index contributed by atoms with van der Waals surface area (Å²) in [7, 11) is -2.28. The third-order valence-corrected chi connectivity index (χ3v) is 6.72. The summed E-state index contributed by atoms with van der Waals surface area (Å²) >= 11 is 0. The van der Waals surface area contributed by atoms with Gasteiger partial charge in [0.15, 0.2) is 0 Å². The molecule has 2 rings (SSSR count). The van der Waals surface area contributed by atoms with Gasteiger partial charge in [-0.1, -0.05) is 13.8 Å². The molecule has 0 bridgehead atoms. The first-order valence-electron chi connectivity index (χ1n) is 12.2. The molecule has 2 aromatic rings. The number of rotatable bonds is 11. The Morgan fingerprint density at radius 2 is 1.70 bits per heavy atom. The Morgan fingerprint density at radius 3 is 2.22 bits per heavy atom. The molecule has 0 aliphatic heterocycles. The standard InChI is InChI=1S/C26H38FN3O6S/c1-16(2)23-21(13-12-19(31)14-20(32)15-22(33)36-26(3,4)5)24(17-8-10-18(27)11-9-17)29-25(28-23)30(6)37(7,34)35/h8-11,16,19-20,31-32H,12-15H2,1-7H3/t19-,20-/m1/s1. The predicted octanol–water partition coefficient (Wildman–Crippen LogP) is 3.58. The second kappa shape index (κ2) is 12.3. The molecule has 11 heteroatoms. The van der Waals surface area contributed by atoms with Gasteiger partial charge in [0.25, 0.3) is 0 Å². The van der Waals surface area contributed by atoms with E-state index in [1.807, 2.05) is 13.8 Å². The molecule has 0 aliphatic rings. The van der Waals surface area contributed by atoms with Gasteiger partial charge in [0.05, 0.1) is 36.3 Å². The van der Waals surface area contributed by atoms with Crippen molar-refractivity contribution >= 4 is 21.9 Å². The van der Waals surface area contributed by atoms with Crippen LogP contribution in [0.25, 0.3) is 11.3 Å². The minimum atomic E-state index is -3.63. The monoisotopic (exact) mass is 539 g/mol. The highest BCUT2D eigenvalue weighted by molar-refractivity contribution is 7.92. The minimum Gasteiger partial charge on any atom is -0.460 e. The number of aromatic nitrogens is 2. The number of ether oxygens (including phenoxy) is 1. The zero-order valence-corrected chi connectivity index (χ0v) is 23.3. The lowest BCUT2D eigenvalue weighted by Crippen LogP contribution is -2.28. The number of halogens is 1. The molecule has 37 heavy (non-hydrogen) atoms. The van der Waals surface area contributed by atoms with E-state index in [0.717, 1.165) is 10.6 Å². The molecule has 1 heterocycles. The van der Waals surface area contributed by atoms with Crippen molar-refractivity contribution < 1.29 is 32.6 Å². The van der Waals surface area contributed by atoms with Crippen LogP contribution in [0.2, 0.25) is 0 Å². The SMILES string of the molecule is CC(C)c1nc(N(C)S(C)(=O)=O)nc(-c2ccc(F)cc2)c1CC[C@@H](O)C[C@@H](O)CC(=O)OC(C)(C)C. The fourth-order valence-electron chi connectivity index (χ4n) is 3.75. The van der Waals surface area contributed by atoms with Crippen molar-refractivity contribution in [3.63, 3.8) is 0 Å². The van der Waals surface area contributed by atoms with Gasteiger partial charge in [0, 0.05) is 18.2 Å². The Morgan fingerprint density at radius 1 is 1.11 bits per heavy atom. The topological polar surface area (TPSA) is 130 Å². The lowest BCUT2D eigenvalue weighted by atomic mass is 9.93. The molecule has 0 spiro atoms. The summed E-state index contributed by atoms with van der Waals surface area (Å²) < 4.78 is 44.2. The Labute approximate surface area is 218 Å². The minimum absolute atomic E-state index is 0.0115. The molecule has 0 radical (unpaired) electrons. The highest BCUT2D eigenvalue weighted by Crippen LogP contribution is 2.32. The van der Waals surface area contributed by atoms with Gasteiger partial charge in [0.2, 0.25) is 16.0 Å². The van der Waals surface area contributed by atoms with E-state index in [0.29, 0.717) is 28.9 Å². The third-order valence-electron chi connectivity index (χ3n) is 5.56.